The molecule has 6 heteroatoms. The maximum Gasteiger partial charge on any atom is 0.233 e. The molecule has 0 spiro atoms. The van der Waals surface area contributed by atoms with Crippen LogP contribution in [0.3, 0.4) is 0 Å². The Morgan fingerprint density at radius 2 is 1.70 bits per heavy atom. The van der Waals surface area contributed by atoms with Crippen LogP contribution < -0.4 is 4.90 Å². The van der Waals surface area contributed by atoms with Gasteiger partial charge >= 0.3 is 0 Å². The molecule has 4 saturated carbocycles. The van der Waals surface area contributed by atoms with E-state index in [2.05, 4.69) is 0 Å². The Morgan fingerprint density at radius 1 is 1.07 bits per heavy atom. The molecule has 6 rings (SSSR count). The summed E-state index contributed by atoms with van der Waals surface area (Å²) in [4.78, 5) is 15.7. The van der Waals surface area contributed by atoms with Crippen LogP contribution in [0.4, 0.5) is 5.69 Å². The molecule has 1 unspecified atom stereocenters. The van der Waals surface area contributed by atoms with E-state index >= 15 is 0 Å². The maximum atomic E-state index is 14.0. The first-order valence-electron chi connectivity index (χ1n) is 9.84. The third kappa shape index (κ3) is 3.03. The fourth-order valence-electron chi connectivity index (χ4n) is 6.43. The minimum Gasteiger partial charge on any atom is -0.304 e. The maximum absolute atomic E-state index is 14.0. The third-order valence-corrected chi connectivity index (χ3v) is 8.65. The Morgan fingerprint density at radius 3 is 2.22 bits per heavy atom. The van der Waals surface area contributed by atoms with Crippen molar-refractivity contribution >= 4 is 33.0 Å². The molecule has 1 amide bonds. The fourth-order valence-corrected chi connectivity index (χ4v) is 7.89. The number of rotatable bonds is 3. The number of benzene rings is 1. The van der Waals surface area contributed by atoms with E-state index in [1.807, 2.05) is 12.1 Å². The monoisotopic (exact) mass is 405 g/mol. The normalized spacial score (nSPS) is 38.3. The largest absolute Gasteiger partial charge is 0.304 e. The average molecular weight is 406 g/mol. The highest BCUT2D eigenvalue weighted by Crippen LogP contribution is 2.61. The van der Waals surface area contributed by atoms with Crippen LogP contribution in [-0.4, -0.2) is 26.1 Å². The summed E-state index contributed by atoms with van der Waals surface area (Å²) in [6, 6.07) is 6.79. The Kier molecular flexibility index (Phi) is 4.00. The van der Waals surface area contributed by atoms with Crippen molar-refractivity contribution in [1.29, 1.82) is 0 Å². The average Bonchev–Trinajstić information content (AvgIpc) is 2.93. The predicted molar refractivity (Wildman–Crippen MR) is 106 cm³/mol. The van der Waals surface area contributed by atoms with Crippen molar-refractivity contribution in [1.82, 2.24) is 0 Å². The molecule has 0 N–H and O–H groups in total. The quantitative estimate of drug-likeness (QED) is 0.757. The highest BCUT2D eigenvalue weighted by molar-refractivity contribution is 7.94. The lowest BCUT2D eigenvalue weighted by Gasteiger charge is -2.57. The van der Waals surface area contributed by atoms with Crippen molar-refractivity contribution in [3.05, 3.63) is 40.8 Å². The highest BCUT2D eigenvalue weighted by atomic mass is 35.5. The molecule has 4 aliphatic carbocycles. The van der Waals surface area contributed by atoms with Gasteiger partial charge in [-0.2, -0.15) is 0 Å². The summed E-state index contributed by atoms with van der Waals surface area (Å²) in [5.41, 5.74) is 0.382. The van der Waals surface area contributed by atoms with Crippen LogP contribution in [0.25, 0.3) is 0 Å². The van der Waals surface area contributed by atoms with Gasteiger partial charge in [-0.1, -0.05) is 17.7 Å². The summed E-state index contributed by atoms with van der Waals surface area (Å²) in [5, 5.41) is 1.81. The number of anilines is 1. The van der Waals surface area contributed by atoms with Gasteiger partial charge in [0.2, 0.25) is 5.91 Å². The zero-order chi connectivity index (χ0) is 18.8. The van der Waals surface area contributed by atoms with Gasteiger partial charge in [0.15, 0.2) is 9.84 Å². The van der Waals surface area contributed by atoms with Gasteiger partial charge in [-0.25, -0.2) is 8.42 Å². The van der Waals surface area contributed by atoms with Crippen LogP contribution in [0, 0.1) is 23.2 Å². The Balaban J connectivity index is 1.54. The number of carbonyl (C=O) groups excluding carboxylic acids is 1. The molecule has 1 atom stereocenters. The van der Waals surface area contributed by atoms with E-state index in [1.165, 1.54) is 24.7 Å². The standard InChI is InChI=1S/C21H24ClNO3S/c22-17-2-1-3-18(9-17)23(19-4-5-27(25,26)13-19)20(24)21-10-14-6-15(11-21)8-16(7-14)12-21/h1-5,9,14-16,19H,6-8,10-13H2. The number of halogens is 1. The summed E-state index contributed by atoms with van der Waals surface area (Å²) in [7, 11) is -3.26. The molecule has 4 fully saturated rings. The molecule has 1 aromatic carbocycles. The van der Waals surface area contributed by atoms with Gasteiger partial charge in [-0.3, -0.25) is 4.79 Å². The molecule has 5 aliphatic rings. The summed E-state index contributed by atoms with van der Waals surface area (Å²) in [6.07, 6.45) is 8.33. The molecule has 0 radical (unpaired) electrons. The van der Waals surface area contributed by atoms with E-state index in [0.29, 0.717) is 28.5 Å². The van der Waals surface area contributed by atoms with Crippen molar-refractivity contribution in [2.75, 3.05) is 10.7 Å². The molecule has 144 valence electrons. The smallest absolute Gasteiger partial charge is 0.233 e. The van der Waals surface area contributed by atoms with Crippen LogP contribution in [0.2, 0.25) is 5.02 Å². The minimum atomic E-state index is -3.26. The van der Waals surface area contributed by atoms with E-state index in [0.717, 1.165) is 19.3 Å². The van der Waals surface area contributed by atoms with Gasteiger partial charge in [0.05, 0.1) is 17.2 Å². The van der Waals surface area contributed by atoms with E-state index in [4.69, 9.17) is 11.6 Å². The summed E-state index contributed by atoms with van der Waals surface area (Å²) in [5.74, 6) is 2.03. The number of hydrogen-bond donors (Lipinski definition) is 0. The molecule has 4 nitrogen and oxygen atoms in total. The Labute approximate surface area is 165 Å². The molecular formula is C21H24ClNO3S. The lowest BCUT2D eigenvalue weighted by molar-refractivity contribution is -0.143. The van der Waals surface area contributed by atoms with Gasteiger partial charge in [-0.05, 0) is 80.6 Å². The van der Waals surface area contributed by atoms with Crippen LogP contribution in [0.1, 0.15) is 38.5 Å². The molecule has 27 heavy (non-hydrogen) atoms. The van der Waals surface area contributed by atoms with Crippen LogP contribution in [0.15, 0.2) is 35.7 Å². The zero-order valence-corrected chi connectivity index (χ0v) is 16.8. The third-order valence-electron chi connectivity index (χ3n) is 7.04. The van der Waals surface area contributed by atoms with Crippen LogP contribution in [0.5, 0.6) is 0 Å². The number of amides is 1. The SMILES string of the molecule is O=C(N(c1cccc(Cl)c1)C1C=CS(=O)(=O)C1)C12CC3CC(CC(C3)C1)C2. The number of sulfone groups is 1. The molecular weight excluding hydrogens is 382 g/mol. The van der Waals surface area contributed by atoms with E-state index in [-0.39, 0.29) is 17.1 Å². The van der Waals surface area contributed by atoms with Crippen molar-refractivity contribution in [2.24, 2.45) is 23.2 Å². The van der Waals surface area contributed by atoms with Gasteiger partial charge in [-0.15, -0.1) is 0 Å². The van der Waals surface area contributed by atoms with Gasteiger partial charge in [0, 0.05) is 16.1 Å². The first-order valence-corrected chi connectivity index (χ1v) is 11.9. The van der Waals surface area contributed by atoms with E-state index < -0.39 is 15.9 Å². The number of nitrogens with zero attached hydrogens (tertiary/aromatic N) is 1. The van der Waals surface area contributed by atoms with Crippen LogP contribution >= 0.6 is 11.6 Å². The molecule has 1 aromatic rings. The van der Waals surface area contributed by atoms with E-state index in [1.54, 1.807) is 23.1 Å². The topological polar surface area (TPSA) is 54.5 Å². The fraction of sp³-hybridized carbons (Fsp3) is 0.571. The lowest BCUT2D eigenvalue weighted by atomic mass is 9.49. The molecule has 0 saturated heterocycles. The first-order chi connectivity index (χ1) is 12.8. The van der Waals surface area contributed by atoms with Gasteiger partial charge in [0.25, 0.3) is 0 Å². The van der Waals surface area contributed by atoms with Crippen molar-refractivity contribution in [2.45, 2.75) is 44.6 Å². The Bertz CT molecular complexity index is 888. The first kappa shape index (κ1) is 17.7. The number of hydrogen-bond acceptors (Lipinski definition) is 3. The second kappa shape index (κ2) is 6.08. The second-order valence-corrected chi connectivity index (χ2v) is 11.4. The molecule has 0 aromatic heterocycles. The molecule has 4 bridgehead atoms. The number of carbonyl (C=O) groups is 1. The summed E-state index contributed by atoms with van der Waals surface area (Å²) in [6.45, 7) is 0. The second-order valence-electron chi connectivity index (χ2n) is 9.08. The van der Waals surface area contributed by atoms with Crippen LogP contribution in [-0.2, 0) is 14.6 Å². The van der Waals surface area contributed by atoms with Gasteiger partial charge < -0.3 is 4.90 Å². The van der Waals surface area contributed by atoms with Crippen molar-refractivity contribution in [3.63, 3.8) is 0 Å². The predicted octanol–water partition coefficient (Wildman–Crippen LogP) is 4.20. The van der Waals surface area contributed by atoms with E-state index in [9.17, 15) is 13.2 Å². The van der Waals surface area contributed by atoms with Gasteiger partial charge in [0.1, 0.15) is 0 Å². The molecule has 1 heterocycles. The highest BCUT2D eigenvalue weighted by Gasteiger charge is 2.56. The summed E-state index contributed by atoms with van der Waals surface area (Å²) >= 11 is 6.20. The van der Waals surface area contributed by atoms with Crippen molar-refractivity contribution < 1.29 is 13.2 Å². The van der Waals surface area contributed by atoms with Crippen molar-refractivity contribution in [3.8, 4) is 0 Å². The Hall–Kier alpha value is -1.33. The lowest BCUT2D eigenvalue weighted by Crippen LogP contribution is -2.57. The molecule has 1 aliphatic heterocycles. The zero-order valence-electron chi connectivity index (χ0n) is 15.2. The minimum absolute atomic E-state index is 0.0440. The summed E-state index contributed by atoms with van der Waals surface area (Å²) < 4.78 is 24.1.